The van der Waals surface area contributed by atoms with Crippen LogP contribution >= 0.6 is 11.3 Å². The van der Waals surface area contributed by atoms with Crippen molar-refractivity contribution in [2.24, 2.45) is 0 Å². The fourth-order valence-corrected chi connectivity index (χ4v) is 1.38. The van der Waals surface area contributed by atoms with Gasteiger partial charge in [-0.05, 0) is 22.4 Å². The van der Waals surface area contributed by atoms with Gasteiger partial charge in [0.2, 0.25) is 0 Å². The van der Waals surface area contributed by atoms with Crippen LogP contribution in [0.5, 0.6) is 0 Å². The number of carbonyl (C=O) groups is 1. The van der Waals surface area contributed by atoms with Gasteiger partial charge in [0.25, 0.3) is 0 Å². The summed E-state index contributed by atoms with van der Waals surface area (Å²) in [6.45, 7) is -0.614. The number of aliphatic hydroxyl groups excluding tert-OH is 2. The third-order valence-corrected chi connectivity index (χ3v) is 2.02. The van der Waals surface area contributed by atoms with E-state index in [0.717, 1.165) is 0 Å². The summed E-state index contributed by atoms with van der Waals surface area (Å²) in [5.41, 5.74) is 0.550. The highest BCUT2D eigenvalue weighted by Crippen LogP contribution is 2.16. The zero-order valence-electron chi connectivity index (χ0n) is 5.73. The molecule has 60 valence electrons. The van der Waals surface area contributed by atoms with E-state index in [1.807, 2.05) is 0 Å². The summed E-state index contributed by atoms with van der Waals surface area (Å²) in [7, 11) is 0. The van der Waals surface area contributed by atoms with Crippen molar-refractivity contribution in [3.63, 3.8) is 0 Å². The minimum absolute atomic E-state index is 0.550. The molecule has 1 aromatic heterocycles. The molecule has 11 heavy (non-hydrogen) atoms. The predicted molar refractivity (Wildman–Crippen MR) is 41.4 cm³/mol. The summed E-state index contributed by atoms with van der Waals surface area (Å²) in [5.74, 6) is -0.566. The first-order valence-electron chi connectivity index (χ1n) is 3.09. The Labute approximate surface area is 67.9 Å². The van der Waals surface area contributed by atoms with E-state index in [0.29, 0.717) is 5.56 Å². The van der Waals surface area contributed by atoms with Crippen molar-refractivity contribution in [2.75, 3.05) is 6.61 Å². The van der Waals surface area contributed by atoms with Gasteiger partial charge in [-0.25, -0.2) is 0 Å². The summed E-state index contributed by atoms with van der Waals surface area (Å²) in [5, 5.41) is 21.0. The normalized spacial score (nSPS) is 12.9. The van der Waals surface area contributed by atoms with Crippen LogP contribution in [0, 0.1) is 0 Å². The average molecular weight is 172 g/mol. The van der Waals surface area contributed by atoms with E-state index in [2.05, 4.69) is 0 Å². The third-order valence-electron chi connectivity index (χ3n) is 1.32. The molecule has 0 radical (unpaired) electrons. The predicted octanol–water partition coefficient (Wildman–Crippen LogP) is 0.343. The van der Waals surface area contributed by atoms with Crippen LogP contribution in [0.25, 0.3) is 0 Å². The zero-order valence-corrected chi connectivity index (χ0v) is 6.54. The number of aliphatic hydroxyl groups is 2. The van der Waals surface area contributed by atoms with Gasteiger partial charge in [0.15, 0.2) is 5.78 Å². The lowest BCUT2D eigenvalue weighted by Crippen LogP contribution is -2.14. The Hall–Kier alpha value is -0.710. The maximum Gasteiger partial charge on any atom is 0.191 e. The second-order valence-electron chi connectivity index (χ2n) is 2.08. The van der Waals surface area contributed by atoms with Gasteiger partial charge in [-0.1, -0.05) is 0 Å². The summed E-state index contributed by atoms with van der Waals surface area (Å²) in [4.78, 5) is 10.7. The number of Topliss-reactive ketones (excluding diaryl/α,β-unsaturated/α-hetero) is 1. The molecule has 0 aliphatic heterocycles. The van der Waals surface area contributed by atoms with Crippen LogP contribution in [0.1, 0.15) is 11.7 Å². The highest BCUT2D eigenvalue weighted by molar-refractivity contribution is 7.08. The summed E-state index contributed by atoms with van der Waals surface area (Å²) in [6.07, 6.45) is -1.16. The highest BCUT2D eigenvalue weighted by atomic mass is 32.1. The summed E-state index contributed by atoms with van der Waals surface area (Å²) >= 11 is 1.40. The van der Waals surface area contributed by atoms with Gasteiger partial charge < -0.3 is 10.2 Å². The van der Waals surface area contributed by atoms with Crippen LogP contribution in [0.4, 0.5) is 0 Å². The molecule has 0 spiro atoms. The van der Waals surface area contributed by atoms with E-state index in [9.17, 15) is 9.90 Å². The SMILES string of the molecule is O=C(CO)C(O)c1ccsc1. The fourth-order valence-electron chi connectivity index (χ4n) is 0.703. The van der Waals surface area contributed by atoms with Gasteiger partial charge >= 0.3 is 0 Å². The van der Waals surface area contributed by atoms with Crippen LogP contribution < -0.4 is 0 Å². The second-order valence-corrected chi connectivity index (χ2v) is 2.86. The van der Waals surface area contributed by atoms with Gasteiger partial charge in [-0.2, -0.15) is 11.3 Å². The smallest absolute Gasteiger partial charge is 0.191 e. The van der Waals surface area contributed by atoms with Crippen molar-refractivity contribution >= 4 is 17.1 Å². The van der Waals surface area contributed by atoms with Gasteiger partial charge in [-0.3, -0.25) is 4.79 Å². The molecule has 0 aliphatic rings. The standard InChI is InChI=1S/C7H8O3S/c8-3-6(9)7(10)5-1-2-11-4-5/h1-2,4,7-8,10H,3H2. The zero-order chi connectivity index (χ0) is 8.27. The molecule has 1 heterocycles. The maximum atomic E-state index is 10.7. The topological polar surface area (TPSA) is 57.5 Å². The number of thiophene rings is 1. The van der Waals surface area contributed by atoms with Crippen LogP contribution in [-0.4, -0.2) is 22.6 Å². The lowest BCUT2D eigenvalue weighted by atomic mass is 10.1. The molecule has 0 aliphatic carbocycles. The van der Waals surface area contributed by atoms with Crippen molar-refractivity contribution in [2.45, 2.75) is 6.10 Å². The van der Waals surface area contributed by atoms with E-state index in [-0.39, 0.29) is 0 Å². The Morgan fingerprint density at radius 2 is 2.45 bits per heavy atom. The van der Waals surface area contributed by atoms with Crippen LogP contribution in [-0.2, 0) is 4.79 Å². The Bertz CT molecular complexity index is 230. The van der Waals surface area contributed by atoms with E-state index in [1.54, 1.807) is 16.8 Å². The molecular formula is C7H8O3S. The molecule has 0 saturated carbocycles. The largest absolute Gasteiger partial charge is 0.388 e. The summed E-state index contributed by atoms with van der Waals surface area (Å²) < 4.78 is 0. The Morgan fingerprint density at radius 3 is 2.91 bits per heavy atom. The third kappa shape index (κ3) is 1.86. The molecule has 0 aromatic carbocycles. The molecule has 1 unspecified atom stereocenters. The van der Waals surface area contributed by atoms with Crippen LogP contribution in [0.3, 0.4) is 0 Å². The molecule has 3 nitrogen and oxygen atoms in total. The molecule has 4 heteroatoms. The quantitative estimate of drug-likeness (QED) is 0.691. The maximum absolute atomic E-state index is 10.7. The van der Waals surface area contributed by atoms with Gasteiger partial charge in [0.05, 0.1) is 0 Å². The van der Waals surface area contributed by atoms with Crippen molar-refractivity contribution < 1.29 is 15.0 Å². The molecule has 0 bridgehead atoms. The lowest BCUT2D eigenvalue weighted by Gasteiger charge is -2.03. The van der Waals surface area contributed by atoms with Crippen LogP contribution in [0.15, 0.2) is 16.8 Å². The lowest BCUT2D eigenvalue weighted by molar-refractivity contribution is -0.130. The van der Waals surface area contributed by atoms with Crippen molar-refractivity contribution in [3.8, 4) is 0 Å². The molecule has 0 amide bonds. The first-order valence-corrected chi connectivity index (χ1v) is 4.03. The Morgan fingerprint density at radius 1 is 1.73 bits per heavy atom. The van der Waals surface area contributed by atoms with E-state index in [1.165, 1.54) is 11.3 Å². The number of ketones is 1. The Balaban J connectivity index is 2.70. The average Bonchev–Trinajstić information content (AvgIpc) is 2.53. The monoisotopic (exact) mass is 172 g/mol. The second kappa shape index (κ2) is 3.61. The summed E-state index contributed by atoms with van der Waals surface area (Å²) in [6, 6.07) is 1.66. The van der Waals surface area contributed by atoms with Crippen LogP contribution in [0.2, 0.25) is 0 Å². The molecular weight excluding hydrogens is 164 g/mol. The van der Waals surface area contributed by atoms with E-state index < -0.39 is 18.5 Å². The highest BCUT2D eigenvalue weighted by Gasteiger charge is 2.15. The number of rotatable bonds is 3. The fraction of sp³-hybridized carbons (Fsp3) is 0.286. The van der Waals surface area contributed by atoms with E-state index in [4.69, 9.17) is 5.11 Å². The van der Waals surface area contributed by atoms with Gasteiger partial charge in [-0.15, -0.1) is 0 Å². The number of hydrogen-bond donors (Lipinski definition) is 2. The molecule has 1 atom stereocenters. The number of hydrogen-bond acceptors (Lipinski definition) is 4. The Kier molecular flexibility index (Phi) is 2.76. The van der Waals surface area contributed by atoms with Crippen molar-refractivity contribution in [3.05, 3.63) is 22.4 Å². The molecule has 1 aromatic rings. The first kappa shape index (κ1) is 8.39. The van der Waals surface area contributed by atoms with E-state index >= 15 is 0 Å². The van der Waals surface area contributed by atoms with Gasteiger partial charge in [0.1, 0.15) is 12.7 Å². The molecule has 1 rings (SSSR count). The molecule has 2 N–H and O–H groups in total. The minimum atomic E-state index is -1.16. The molecule has 0 saturated heterocycles. The van der Waals surface area contributed by atoms with Gasteiger partial charge in [0, 0.05) is 0 Å². The first-order chi connectivity index (χ1) is 5.25. The molecule has 0 fully saturated rings. The van der Waals surface area contributed by atoms with Crippen molar-refractivity contribution in [1.82, 2.24) is 0 Å². The minimum Gasteiger partial charge on any atom is -0.388 e. The van der Waals surface area contributed by atoms with Crippen molar-refractivity contribution in [1.29, 1.82) is 0 Å². The number of carbonyl (C=O) groups excluding carboxylic acids is 1.